The molecular formula is C15H30FN3O2. The molecule has 5 nitrogen and oxygen atoms in total. The third kappa shape index (κ3) is 5.45. The molecule has 6 heteroatoms. The van der Waals surface area contributed by atoms with Gasteiger partial charge in [-0.25, -0.2) is 9.87 Å². The fraction of sp³-hybridized carbons (Fsp3) is 1.00. The number of hydrogen-bond acceptors (Lipinski definition) is 5. The van der Waals surface area contributed by atoms with Crippen molar-refractivity contribution < 1.29 is 14.0 Å². The molecule has 2 fully saturated rings. The average Bonchev–Trinajstić information content (AvgIpc) is 2.49. The van der Waals surface area contributed by atoms with Crippen LogP contribution in [0.15, 0.2) is 0 Å². The molecule has 2 aliphatic heterocycles. The smallest absolute Gasteiger partial charge is 0.139 e. The van der Waals surface area contributed by atoms with Gasteiger partial charge in [0.25, 0.3) is 0 Å². The summed E-state index contributed by atoms with van der Waals surface area (Å²) in [5.41, 5.74) is 2.70. The minimum atomic E-state index is -0.831. The molecule has 2 aliphatic rings. The minimum Gasteiger partial charge on any atom is -0.378 e. The lowest BCUT2D eigenvalue weighted by Crippen LogP contribution is -2.48. The summed E-state index contributed by atoms with van der Waals surface area (Å²) in [4.78, 5) is 9.89. The Labute approximate surface area is 127 Å². The first-order chi connectivity index (χ1) is 10.2. The van der Waals surface area contributed by atoms with E-state index in [0.717, 1.165) is 45.8 Å². The van der Waals surface area contributed by atoms with Gasteiger partial charge in [-0.05, 0) is 38.3 Å². The molecule has 0 aromatic carbocycles. The molecule has 0 aliphatic carbocycles. The summed E-state index contributed by atoms with van der Waals surface area (Å²) in [5, 5.41) is 0. The lowest BCUT2D eigenvalue weighted by Gasteiger charge is -2.38. The van der Waals surface area contributed by atoms with Crippen molar-refractivity contribution in [1.29, 1.82) is 0 Å². The summed E-state index contributed by atoms with van der Waals surface area (Å²) in [7, 11) is 3.40. The van der Waals surface area contributed by atoms with Crippen LogP contribution in [0, 0.1) is 5.92 Å². The van der Waals surface area contributed by atoms with E-state index in [4.69, 9.17) is 9.57 Å². The topological polar surface area (TPSA) is 37.0 Å². The van der Waals surface area contributed by atoms with Crippen LogP contribution in [-0.2, 0) is 9.57 Å². The van der Waals surface area contributed by atoms with Crippen molar-refractivity contribution in [2.45, 2.75) is 31.5 Å². The zero-order chi connectivity index (χ0) is 15.1. The number of nitrogens with zero attached hydrogens (tertiary/aromatic N) is 2. The second-order valence-corrected chi connectivity index (χ2v) is 6.18. The number of hydroxylamine groups is 1. The van der Waals surface area contributed by atoms with Crippen molar-refractivity contribution in [2.24, 2.45) is 5.92 Å². The summed E-state index contributed by atoms with van der Waals surface area (Å²) < 4.78 is 19.1. The number of likely N-dealkylation sites (tertiary alicyclic amines) is 2. The molecule has 2 unspecified atom stereocenters. The second kappa shape index (κ2) is 9.00. The maximum absolute atomic E-state index is 13.9. The monoisotopic (exact) mass is 303 g/mol. The first-order valence-electron chi connectivity index (χ1n) is 8.13. The molecule has 0 spiro atoms. The van der Waals surface area contributed by atoms with Crippen molar-refractivity contribution in [1.82, 2.24) is 15.3 Å². The van der Waals surface area contributed by atoms with Crippen LogP contribution < -0.4 is 5.48 Å². The van der Waals surface area contributed by atoms with Crippen LogP contribution in [0.3, 0.4) is 0 Å². The van der Waals surface area contributed by atoms with Crippen molar-refractivity contribution >= 4 is 0 Å². The molecule has 2 saturated heterocycles. The molecule has 2 rings (SSSR count). The predicted octanol–water partition coefficient (Wildman–Crippen LogP) is 0.908. The molecule has 0 aromatic heterocycles. The number of ether oxygens (including phenoxy) is 1. The van der Waals surface area contributed by atoms with Crippen molar-refractivity contribution in [3.63, 3.8) is 0 Å². The number of hydrogen-bond donors (Lipinski definition) is 1. The van der Waals surface area contributed by atoms with Gasteiger partial charge in [-0.1, -0.05) is 0 Å². The van der Waals surface area contributed by atoms with E-state index in [-0.39, 0.29) is 6.10 Å². The summed E-state index contributed by atoms with van der Waals surface area (Å²) in [6, 6.07) is 0. The van der Waals surface area contributed by atoms with Gasteiger partial charge in [-0.15, -0.1) is 0 Å². The van der Waals surface area contributed by atoms with Gasteiger partial charge in [-0.2, -0.15) is 0 Å². The lowest BCUT2D eigenvalue weighted by molar-refractivity contribution is -0.0279. The fourth-order valence-corrected chi connectivity index (χ4v) is 3.41. The van der Waals surface area contributed by atoms with E-state index in [2.05, 4.69) is 15.3 Å². The highest BCUT2D eigenvalue weighted by atomic mass is 19.1. The zero-order valence-electron chi connectivity index (χ0n) is 13.4. The average molecular weight is 303 g/mol. The first-order valence-corrected chi connectivity index (χ1v) is 8.13. The van der Waals surface area contributed by atoms with Gasteiger partial charge in [0.15, 0.2) is 0 Å². The number of piperidine rings is 2. The number of nitrogens with one attached hydrogen (secondary N) is 1. The molecule has 21 heavy (non-hydrogen) atoms. The Morgan fingerprint density at radius 2 is 1.86 bits per heavy atom. The van der Waals surface area contributed by atoms with Gasteiger partial charge in [0.2, 0.25) is 0 Å². The maximum atomic E-state index is 13.9. The summed E-state index contributed by atoms with van der Waals surface area (Å²) in [6.45, 7) is 6.52. The van der Waals surface area contributed by atoms with E-state index in [0.29, 0.717) is 12.5 Å². The van der Waals surface area contributed by atoms with Gasteiger partial charge in [0, 0.05) is 40.3 Å². The normalized spacial score (nSPS) is 29.9. The SMILES string of the molecule is CNOCCN1CCC(CN2CCC(OC)C(F)C2)CC1. The van der Waals surface area contributed by atoms with Crippen LogP contribution in [0.2, 0.25) is 0 Å². The van der Waals surface area contributed by atoms with Gasteiger partial charge >= 0.3 is 0 Å². The van der Waals surface area contributed by atoms with Crippen molar-refractivity contribution in [3.8, 4) is 0 Å². The van der Waals surface area contributed by atoms with Crippen LogP contribution >= 0.6 is 0 Å². The molecule has 2 atom stereocenters. The van der Waals surface area contributed by atoms with Gasteiger partial charge in [0.1, 0.15) is 6.17 Å². The second-order valence-electron chi connectivity index (χ2n) is 6.18. The van der Waals surface area contributed by atoms with Gasteiger partial charge in [-0.3, -0.25) is 4.90 Å². The zero-order valence-corrected chi connectivity index (χ0v) is 13.4. The highest BCUT2D eigenvalue weighted by Crippen LogP contribution is 2.22. The third-order valence-corrected chi connectivity index (χ3v) is 4.75. The van der Waals surface area contributed by atoms with Crippen molar-refractivity contribution in [3.05, 3.63) is 0 Å². The van der Waals surface area contributed by atoms with Crippen LogP contribution in [0.1, 0.15) is 19.3 Å². The van der Waals surface area contributed by atoms with E-state index < -0.39 is 6.17 Å². The van der Waals surface area contributed by atoms with Gasteiger partial charge in [0.05, 0.1) is 12.7 Å². The Balaban J connectivity index is 1.62. The van der Waals surface area contributed by atoms with Crippen LogP contribution in [0.4, 0.5) is 4.39 Å². The predicted molar refractivity (Wildman–Crippen MR) is 80.9 cm³/mol. The van der Waals surface area contributed by atoms with Crippen molar-refractivity contribution in [2.75, 3.05) is 60.0 Å². The van der Waals surface area contributed by atoms with E-state index >= 15 is 0 Å². The number of rotatable bonds is 7. The number of methoxy groups -OCH3 is 1. The van der Waals surface area contributed by atoms with Crippen LogP contribution in [-0.4, -0.2) is 82.1 Å². The van der Waals surface area contributed by atoms with Crippen LogP contribution in [0.25, 0.3) is 0 Å². The Hall–Kier alpha value is -0.270. The molecule has 0 aromatic rings. The maximum Gasteiger partial charge on any atom is 0.139 e. The highest BCUT2D eigenvalue weighted by Gasteiger charge is 2.30. The highest BCUT2D eigenvalue weighted by molar-refractivity contribution is 4.83. The standard InChI is InChI=1S/C15H30FN3O2/c1-17-21-10-9-18-6-3-13(4-7-18)11-19-8-5-15(20-2)14(16)12-19/h13-15,17H,3-12H2,1-2H3. The summed E-state index contributed by atoms with van der Waals surface area (Å²) >= 11 is 0. The summed E-state index contributed by atoms with van der Waals surface area (Å²) in [5.74, 6) is 0.706. The Kier molecular flexibility index (Phi) is 7.33. The summed E-state index contributed by atoms with van der Waals surface area (Å²) in [6.07, 6.45) is 2.21. The van der Waals surface area contributed by atoms with Gasteiger partial charge < -0.3 is 14.5 Å². The molecule has 0 saturated carbocycles. The first kappa shape index (κ1) is 17.1. The Morgan fingerprint density at radius 3 is 2.48 bits per heavy atom. The molecule has 2 heterocycles. The van der Waals surface area contributed by atoms with E-state index in [1.54, 1.807) is 14.2 Å². The lowest BCUT2D eigenvalue weighted by atomic mass is 9.95. The molecule has 0 radical (unpaired) electrons. The molecular weight excluding hydrogens is 273 g/mol. The van der Waals surface area contributed by atoms with E-state index in [9.17, 15) is 4.39 Å². The van der Waals surface area contributed by atoms with E-state index in [1.807, 2.05) is 0 Å². The Bertz CT molecular complexity index is 288. The largest absolute Gasteiger partial charge is 0.378 e. The molecule has 0 amide bonds. The molecule has 1 N–H and O–H groups in total. The number of halogens is 1. The third-order valence-electron chi connectivity index (χ3n) is 4.75. The van der Waals surface area contributed by atoms with E-state index in [1.165, 1.54) is 12.8 Å². The minimum absolute atomic E-state index is 0.199. The van der Waals surface area contributed by atoms with Crippen LogP contribution in [0.5, 0.6) is 0 Å². The number of alkyl halides is 1. The Morgan fingerprint density at radius 1 is 1.14 bits per heavy atom. The fourth-order valence-electron chi connectivity index (χ4n) is 3.41. The molecule has 0 bridgehead atoms. The molecule has 124 valence electrons. The quantitative estimate of drug-likeness (QED) is 0.559.